The van der Waals surface area contributed by atoms with Crippen LogP contribution in [-0.2, 0) is 16.0 Å². The lowest BCUT2D eigenvalue weighted by molar-refractivity contribution is -0.156. The monoisotopic (exact) mass is 265 g/mol. The summed E-state index contributed by atoms with van der Waals surface area (Å²) in [5, 5.41) is 3.27. The number of esters is 1. The third-order valence-electron chi connectivity index (χ3n) is 3.64. The molecule has 4 heteroatoms. The first-order valence-electron chi connectivity index (χ1n) is 6.79. The van der Waals surface area contributed by atoms with Crippen LogP contribution in [0.1, 0.15) is 25.3 Å². The number of carbonyl (C=O) groups excluding carboxylic acids is 1. The molecule has 1 heterocycles. The number of rotatable bonds is 4. The van der Waals surface area contributed by atoms with Gasteiger partial charge in [-0.05, 0) is 50.4 Å². The SMILES string of the molecule is CCOC(=O)[C@]1(Cc2ccc(F)cc2)CCCNC1. The van der Waals surface area contributed by atoms with Gasteiger partial charge in [-0.25, -0.2) is 4.39 Å². The fourth-order valence-corrected chi connectivity index (χ4v) is 2.64. The van der Waals surface area contributed by atoms with Crippen LogP contribution in [0.2, 0.25) is 0 Å². The summed E-state index contributed by atoms with van der Waals surface area (Å²) in [7, 11) is 0. The summed E-state index contributed by atoms with van der Waals surface area (Å²) in [4.78, 5) is 12.3. The predicted molar refractivity (Wildman–Crippen MR) is 71.3 cm³/mol. The summed E-state index contributed by atoms with van der Waals surface area (Å²) in [6.07, 6.45) is 2.37. The predicted octanol–water partition coefficient (Wildman–Crippen LogP) is 2.30. The number of hydrogen-bond donors (Lipinski definition) is 1. The lowest BCUT2D eigenvalue weighted by Gasteiger charge is -2.35. The minimum absolute atomic E-state index is 0.147. The van der Waals surface area contributed by atoms with E-state index in [2.05, 4.69) is 5.32 Å². The molecule has 1 aromatic rings. The fraction of sp³-hybridized carbons (Fsp3) is 0.533. The van der Waals surface area contributed by atoms with Gasteiger partial charge in [0.1, 0.15) is 5.82 Å². The van der Waals surface area contributed by atoms with Crippen molar-refractivity contribution in [1.29, 1.82) is 0 Å². The number of nitrogens with one attached hydrogen (secondary N) is 1. The zero-order valence-corrected chi connectivity index (χ0v) is 11.2. The van der Waals surface area contributed by atoms with E-state index in [0.29, 0.717) is 19.6 Å². The zero-order valence-electron chi connectivity index (χ0n) is 11.2. The molecule has 104 valence electrons. The van der Waals surface area contributed by atoms with Crippen LogP contribution in [-0.4, -0.2) is 25.7 Å². The summed E-state index contributed by atoms with van der Waals surface area (Å²) >= 11 is 0. The minimum Gasteiger partial charge on any atom is -0.466 e. The van der Waals surface area contributed by atoms with Crippen molar-refractivity contribution in [2.45, 2.75) is 26.2 Å². The molecule has 0 spiro atoms. The van der Waals surface area contributed by atoms with Crippen LogP contribution < -0.4 is 5.32 Å². The number of carbonyl (C=O) groups is 1. The Morgan fingerprint density at radius 3 is 2.74 bits per heavy atom. The summed E-state index contributed by atoms with van der Waals surface area (Å²) in [6, 6.07) is 6.35. The molecule has 0 unspecified atom stereocenters. The van der Waals surface area contributed by atoms with Gasteiger partial charge in [0, 0.05) is 6.54 Å². The molecule has 1 N–H and O–H groups in total. The van der Waals surface area contributed by atoms with Crippen molar-refractivity contribution in [3.8, 4) is 0 Å². The third-order valence-corrected chi connectivity index (χ3v) is 3.64. The van der Waals surface area contributed by atoms with Gasteiger partial charge in [-0.2, -0.15) is 0 Å². The summed E-state index contributed by atoms with van der Waals surface area (Å²) in [5.41, 5.74) is 0.463. The van der Waals surface area contributed by atoms with Gasteiger partial charge >= 0.3 is 5.97 Å². The maximum atomic E-state index is 12.9. The Kier molecular flexibility index (Phi) is 4.53. The molecule has 1 saturated heterocycles. The molecule has 0 aromatic heterocycles. The van der Waals surface area contributed by atoms with E-state index in [-0.39, 0.29) is 11.8 Å². The second-order valence-electron chi connectivity index (χ2n) is 5.08. The van der Waals surface area contributed by atoms with Crippen molar-refractivity contribution in [3.05, 3.63) is 35.6 Å². The molecular formula is C15H20FNO2. The summed E-state index contributed by atoms with van der Waals surface area (Å²) < 4.78 is 18.2. The molecule has 1 fully saturated rings. The van der Waals surface area contributed by atoms with Gasteiger partial charge in [0.15, 0.2) is 0 Å². The van der Waals surface area contributed by atoms with E-state index in [0.717, 1.165) is 24.9 Å². The molecule has 0 saturated carbocycles. The fourth-order valence-electron chi connectivity index (χ4n) is 2.64. The molecule has 0 aliphatic carbocycles. The number of hydrogen-bond acceptors (Lipinski definition) is 3. The first kappa shape index (κ1) is 14.0. The molecule has 0 radical (unpaired) electrons. The van der Waals surface area contributed by atoms with Crippen molar-refractivity contribution in [2.24, 2.45) is 5.41 Å². The van der Waals surface area contributed by atoms with Gasteiger partial charge in [-0.1, -0.05) is 12.1 Å². The van der Waals surface area contributed by atoms with Crippen molar-refractivity contribution < 1.29 is 13.9 Å². The highest BCUT2D eigenvalue weighted by Gasteiger charge is 2.41. The molecule has 0 amide bonds. The Labute approximate surface area is 113 Å². The molecule has 1 atom stereocenters. The van der Waals surface area contributed by atoms with E-state index < -0.39 is 5.41 Å². The van der Waals surface area contributed by atoms with E-state index >= 15 is 0 Å². The lowest BCUT2D eigenvalue weighted by Crippen LogP contribution is -2.47. The first-order valence-corrected chi connectivity index (χ1v) is 6.79. The smallest absolute Gasteiger partial charge is 0.313 e. The Bertz CT molecular complexity index is 424. The Hall–Kier alpha value is -1.42. The molecule has 1 aliphatic rings. The maximum absolute atomic E-state index is 12.9. The molecule has 19 heavy (non-hydrogen) atoms. The quantitative estimate of drug-likeness (QED) is 0.849. The molecular weight excluding hydrogens is 245 g/mol. The molecule has 1 aliphatic heterocycles. The Morgan fingerprint density at radius 1 is 1.42 bits per heavy atom. The highest BCUT2D eigenvalue weighted by Crippen LogP contribution is 2.32. The van der Waals surface area contributed by atoms with E-state index in [4.69, 9.17) is 4.74 Å². The number of piperidine rings is 1. The largest absolute Gasteiger partial charge is 0.466 e. The first-order chi connectivity index (χ1) is 9.16. The van der Waals surface area contributed by atoms with Crippen LogP contribution in [0.5, 0.6) is 0 Å². The topological polar surface area (TPSA) is 38.3 Å². The second kappa shape index (κ2) is 6.15. The van der Waals surface area contributed by atoms with Gasteiger partial charge < -0.3 is 10.1 Å². The van der Waals surface area contributed by atoms with Crippen LogP contribution in [0.4, 0.5) is 4.39 Å². The van der Waals surface area contributed by atoms with Gasteiger partial charge in [0.25, 0.3) is 0 Å². The van der Waals surface area contributed by atoms with Gasteiger partial charge in [0.2, 0.25) is 0 Å². The van der Waals surface area contributed by atoms with Crippen LogP contribution in [0.15, 0.2) is 24.3 Å². The normalized spacial score (nSPS) is 23.1. The van der Waals surface area contributed by atoms with Gasteiger partial charge in [-0.3, -0.25) is 4.79 Å². The Balaban J connectivity index is 2.17. The molecule has 1 aromatic carbocycles. The second-order valence-corrected chi connectivity index (χ2v) is 5.08. The Morgan fingerprint density at radius 2 is 2.16 bits per heavy atom. The van der Waals surface area contributed by atoms with Crippen molar-refractivity contribution in [2.75, 3.05) is 19.7 Å². The number of halogens is 1. The summed E-state index contributed by atoms with van der Waals surface area (Å²) in [6.45, 7) is 3.78. The van der Waals surface area contributed by atoms with E-state index in [1.54, 1.807) is 12.1 Å². The average Bonchev–Trinajstić information content (AvgIpc) is 2.43. The molecule has 3 nitrogen and oxygen atoms in total. The third kappa shape index (κ3) is 3.32. The highest BCUT2D eigenvalue weighted by atomic mass is 19.1. The maximum Gasteiger partial charge on any atom is 0.313 e. The van der Waals surface area contributed by atoms with Crippen LogP contribution in [0.3, 0.4) is 0 Å². The van der Waals surface area contributed by atoms with E-state index in [9.17, 15) is 9.18 Å². The summed E-state index contributed by atoms with van der Waals surface area (Å²) in [5.74, 6) is -0.401. The van der Waals surface area contributed by atoms with Crippen molar-refractivity contribution >= 4 is 5.97 Å². The van der Waals surface area contributed by atoms with Crippen LogP contribution in [0, 0.1) is 11.2 Å². The number of ether oxygens (including phenoxy) is 1. The lowest BCUT2D eigenvalue weighted by atomic mass is 9.76. The van der Waals surface area contributed by atoms with Gasteiger partial charge in [0.05, 0.1) is 12.0 Å². The average molecular weight is 265 g/mol. The zero-order chi connectivity index (χ0) is 13.7. The van der Waals surface area contributed by atoms with Crippen LogP contribution >= 0.6 is 0 Å². The molecule has 0 bridgehead atoms. The minimum atomic E-state index is -0.508. The van der Waals surface area contributed by atoms with Crippen molar-refractivity contribution in [3.63, 3.8) is 0 Å². The van der Waals surface area contributed by atoms with E-state index in [1.165, 1.54) is 12.1 Å². The van der Waals surface area contributed by atoms with E-state index in [1.807, 2.05) is 6.92 Å². The van der Waals surface area contributed by atoms with Crippen LogP contribution in [0.25, 0.3) is 0 Å². The highest BCUT2D eigenvalue weighted by molar-refractivity contribution is 5.77. The van der Waals surface area contributed by atoms with Gasteiger partial charge in [-0.15, -0.1) is 0 Å². The van der Waals surface area contributed by atoms with Crippen molar-refractivity contribution in [1.82, 2.24) is 5.32 Å². The number of benzene rings is 1. The molecule has 2 rings (SSSR count). The standard InChI is InChI=1S/C15H20FNO2/c1-2-19-14(18)15(8-3-9-17-11-15)10-12-4-6-13(16)7-5-12/h4-7,17H,2-3,8-11H2,1H3/t15-/m0/s1.